The van der Waals surface area contributed by atoms with Crippen molar-refractivity contribution in [1.82, 2.24) is 0 Å². The van der Waals surface area contributed by atoms with Crippen molar-refractivity contribution in [3.05, 3.63) is 35.9 Å². The van der Waals surface area contributed by atoms with E-state index in [0.717, 1.165) is 5.92 Å². The molecule has 1 heteroatoms. The highest BCUT2D eigenvalue weighted by Crippen LogP contribution is 2.33. The van der Waals surface area contributed by atoms with Crippen molar-refractivity contribution in [3.8, 4) is 0 Å². The SMILES string of the molecule is COC(CC1CCCCC1)c1ccccc1. The van der Waals surface area contributed by atoms with E-state index in [0.29, 0.717) is 6.10 Å². The molecule has 1 aliphatic carbocycles. The molecule has 16 heavy (non-hydrogen) atoms. The lowest BCUT2D eigenvalue weighted by Crippen LogP contribution is -2.12. The van der Waals surface area contributed by atoms with E-state index in [1.54, 1.807) is 0 Å². The third kappa shape index (κ3) is 3.08. The molecular weight excluding hydrogens is 196 g/mol. The Balaban J connectivity index is 1.94. The van der Waals surface area contributed by atoms with Crippen LogP contribution >= 0.6 is 0 Å². The van der Waals surface area contributed by atoms with Crippen molar-refractivity contribution in [3.63, 3.8) is 0 Å². The average molecular weight is 218 g/mol. The Kier molecular flexibility index (Phi) is 4.41. The van der Waals surface area contributed by atoms with Crippen molar-refractivity contribution < 1.29 is 4.74 Å². The van der Waals surface area contributed by atoms with E-state index in [-0.39, 0.29) is 0 Å². The highest BCUT2D eigenvalue weighted by molar-refractivity contribution is 5.17. The van der Waals surface area contributed by atoms with Gasteiger partial charge in [0.2, 0.25) is 0 Å². The fraction of sp³-hybridized carbons (Fsp3) is 0.600. The number of rotatable bonds is 4. The van der Waals surface area contributed by atoms with Gasteiger partial charge in [0.05, 0.1) is 6.10 Å². The molecule has 1 aromatic rings. The second kappa shape index (κ2) is 6.05. The van der Waals surface area contributed by atoms with E-state index < -0.39 is 0 Å². The number of hydrogen-bond donors (Lipinski definition) is 0. The molecule has 1 aliphatic rings. The third-order valence-electron chi connectivity index (χ3n) is 3.73. The second-order valence-electron chi connectivity index (χ2n) is 4.87. The third-order valence-corrected chi connectivity index (χ3v) is 3.73. The molecule has 1 fully saturated rings. The van der Waals surface area contributed by atoms with Crippen LogP contribution in [0.25, 0.3) is 0 Å². The first kappa shape index (κ1) is 11.7. The molecule has 2 rings (SSSR count). The van der Waals surface area contributed by atoms with Gasteiger partial charge in [-0.05, 0) is 17.9 Å². The van der Waals surface area contributed by atoms with Gasteiger partial charge in [-0.1, -0.05) is 62.4 Å². The Morgan fingerprint density at radius 3 is 2.44 bits per heavy atom. The van der Waals surface area contributed by atoms with Crippen LogP contribution in [0.4, 0.5) is 0 Å². The Hall–Kier alpha value is -0.820. The zero-order valence-corrected chi connectivity index (χ0v) is 10.2. The van der Waals surface area contributed by atoms with Gasteiger partial charge in [-0.3, -0.25) is 0 Å². The summed E-state index contributed by atoms with van der Waals surface area (Å²) >= 11 is 0. The monoisotopic (exact) mass is 218 g/mol. The van der Waals surface area contributed by atoms with Crippen molar-refractivity contribution in [2.24, 2.45) is 5.92 Å². The van der Waals surface area contributed by atoms with Gasteiger partial charge in [0.25, 0.3) is 0 Å². The van der Waals surface area contributed by atoms with Crippen LogP contribution in [-0.2, 0) is 4.74 Å². The normalized spacial score (nSPS) is 19.6. The van der Waals surface area contributed by atoms with Crippen molar-refractivity contribution in [2.75, 3.05) is 7.11 Å². The molecule has 0 aromatic heterocycles. The molecule has 0 spiro atoms. The number of hydrogen-bond acceptors (Lipinski definition) is 1. The van der Waals surface area contributed by atoms with Crippen LogP contribution in [0.1, 0.15) is 50.2 Å². The van der Waals surface area contributed by atoms with E-state index in [4.69, 9.17) is 4.74 Å². The summed E-state index contributed by atoms with van der Waals surface area (Å²) in [5.74, 6) is 0.874. The molecule has 1 aromatic carbocycles. The van der Waals surface area contributed by atoms with E-state index in [2.05, 4.69) is 30.3 Å². The minimum absolute atomic E-state index is 0.296. The van der Waals surface area contributed by atoms with Gasteiger partial charge < -0.3 is 4.74 Å². The smallest absolute Gasteiger partial charge is 0.0823 e. The molecular formula is C15H22O. The maximum atomic E-state index is 5.64. The largest absolute Gasteiger partial charge is 0.377 e. The minimum Gasteiger partial charge on any atom is -0.377 e. The van der Waals surface area contributed by atoms with Crippen LogP contribution in [-0.4, -0.2) is 7.11 Å². The Labute approximate surface area is 98.8 Å². The topological polar surface area (TPSA) is 9.23 Å². The molecule has 0 bridgehead atoms. The Morgan fingerprint density at radius 1 is 1.12 bits per heavy atom. The van der Waals surface area contributed by atoms with Gasteiger partial charge in [-0.25, -0.2) is 0 Å². The van der Waals surface area contributed by atoms with E-state index in [9.17, 15) is 0 Å². The van der Waals surface area contributed by atoms with Crippen LogP contribution in [0, 0.1) is 5.92 Å². The summed E-state index contributed by atoms with van der Waals surface area (Å²) in [5.41, 5.74) is 1.33. The van der Waals surface area contributed by atoms with Crippen LogP contribution in [0.3, 0.4) is 0 Å². The van der Waals surface area contributed by atoms with Crippen molar-refractivity contribution in [1.29, 1.82) is 0 Å². The Bertz CT molecular complexity index is 288. The van der Waals surface area contributed by atoms with Crippen LogP contribution < -0.4 is 0 Å². The predicted octanol–water partition coefficient (Wildman–Crippen LogP) is 4.34. The highest BCUT2D eigenvalue weighted by atomic mass is 16.5. The molecule has 0 saturated heterocycles. The van der Waals surface area contributed by atoms with Crippen LogP contribution in [0.15, 0.2) is 30.3 Å². The van der Waals surface area contributed by atoms with Gasteiger partial charge in [0, 0.05) is 7.11 Å². The standard InChI is InChI=1S/C15H22O/c1-16-15(14-10-6-3-7-11-14)12-13-8-4-2-5-9-13/h3,6-7,10-11,13,15H,2,4-5,8-9,12H2,1H3. The quantitative estimate of drug-likeness (QED) is 0.730. The number of ether oxygens (including phenoxy) is 1. The fourth-order valence-corrected chi connectivity index (χ4v) is 2.76. The molecule has 1 saturated carbocycles. The second-order valence-corrected chi connectivity index (χ2v) is 4.87. The van der Waals surface area contributed by atoms with Crippen LogP contribution in [0.2, 0.25) is 0 Å². The van der Waals surface area contributed by atoms with E-state index in [1.807, 2.05) is 7.11 Å². The summed E-state index contributed by atoms with van der Waals surface area (Å²) < 4.78 is 5.64. The zero-order chi connectivity index (χ0) is 11.2. The first-order chi connectivity index (χ1) is 7.90. The maximum Gasteiger partial charge on any atom is 0.0823 e. The van der Waals surface area contributed by atoms with Gasteiger partial charge in [-0.2, -0.15) is 0 Å². The summed E-state index contributed by atoms with van der Waals surface area (Å²) in [6.45, 7) is 0. The minimum atomic E-state index is 0.296. The van der Waals surface area contributed by atoms with Gasteiger partial charge in [0.15, 0.2) is 0 Å². The molecule has 1 nitrogen and oxygen atoms in total. The average Bonchev–Trinajstić information content (AvgIpc) is 2.38. The van der Waals surface area contributed by atoms with E-state index >= 15 is 0 Å². The fourth-order valence-electron chi connectivity index (χ4n) is 2.76. The number of methoxy groups -OCH3 is 1. The maximum absolute atomic E-state index is 5.64. The molecule has 0 N–H and O–H groups in total. The summed E-state index contributed by atoms with van der Waals surface area (Å²) in [6, 6.07) is 10.6. The van der Waals surface area contributed by atoms with Crippen molar-refractivity contribution >= 4 is 0 Å². The molecule has 1 unspecified atom stereocenters. The first-order valence-electron chi connectivity index (χ1n) is 6.48. The Morgan fingerprint density at radius 2 is 1.81 bits per heavy atom. The zero-order valence-electron chi connectivity index (χ0n) is 10.2. The molecule has 0 heterocycles. The lowest BCUT2D eigenvalue weighted by molar-refractivity contribution is 0.0733. The summed E-state index contributed by atoms with van der Waals surface area (Å²) in [7, 11) is 1.83. The van der Waals surface area contributed by atoms with Crippen LogP contribution in [0.5, 0.6) is 0 Å². The summed E-state index contributed by atoms with van der Waals surface area (Å²) in [6.07, 6.45) is 8.54. The van der Waals surface area contributed by atoms with Gasteiger partial charge in [-0.15, -0.1) is 0 Å². The highest BCUT2D eigenvalue weighted by Gasteiger charge is 2.19. The number of benzene rings is 1. The summed E-state index contributed by atoms with van der Waals surface area (Å²) in [5, 5.41) is 0. The summed E-state index contributed by atoms with van der Waals surface area (Å²) in [4.78, 5) is 0. The molecule has 1 atom stereocenters. The lowest BCUT2D eigenvalue weighted by atomic mass is 9.84. The van der Waals surface area contributed by atoms with Gasteiger partial charge >= 0.3 is 0 Å². The van der Waals surface area contributed by atoms with Gasteiger partial charge in [0.1, 0.15) is 0 Å². The predicted molar refractivity (Wildman–Crippen MR) is 67.4 cm³/mol. The molecule has 88 valence electrons. The van der Waals surface area contributed by atoms with Crippen molar-refractivity contribution in [2.45, 2.75) is 44.6 Å². The lowest BCUT2D eigenvalue weighted by Gasteiger charge is -2.26. The first-order valence-corrected chi connectivity index (χ1v) is 6.48. The molecule has 0 amide bonds. The molecule has 0 aliphatic heterocycles. The van der Waals surface area contributed by atoms with E-state index in [1.165, 1.54) is 44.1 Å². The molecule has 0 radical (unpaired) electrons.